The van der Waals surface area contributed by atoms with Crippen LogP contribution in [0.2, 0.25) is 0 Å². The molecule has 1 aromatic heterocycles. The van der Waals surface area contributed by atoms with Crippen molar-refractivity contribution in [3.05, 3.63) is 41.9 Å². The Morgan fingerprint density at radius 3 is 2.57 bits per heavy atom. The topological polar surface area (TPSA) is 108 Å². The van der Waals surface area contributed by atoms with Crippen molar-refractivity contribution in [2.45, 2.75) is 25.8 Å². The molecule has 30 heavy (non-hydrogen) atoms. The van der Waals surface area contributed by atoms with Gasteiger partial charge in [-0.15, -0.1) is 0 Å². The summed E-state index contributed by atoms with van der Waals surface area (Å²) in [7, 11) is 1.50. The molecule has 0 spiro atoms. The Morgan fingerprint density at radius 1 is 1.13 bits per heavy atom. The lowest BCUT2D eigenvalue weighted by atomic mass is 9.84. The van der Waals surface area contributed by atoms with E-state index in [1.54, 1.807) is 24.4 Å². The molecule has 3 saturated heterocycles. The molecule has 3 aliphatic rings. The molecule has 3 amide bonds. The minimum atomic E-state index is -0.476. The summed E-state index contributed by atoms with van der Waals surface area (Å²) in [6.07, 6.45) is 5.32. The van der Waals surface area contributed by atoms with Crippen LogP contribution in [0.5, 0.6) is 5.75 Å². The van der Waals surface area contributed by atoms with Gasteiger partial charge in [-0.1, -0.05) is 0 Å². The van der Waals surface area contributed by atoms with Gasteiger partial charge in [0.05, 0.1) is 30.9 Å². The Bertz CT molecular complexity index is 925. The summed E-state index contributed by atoms with van der Waals surface area (Å²) in [5, 5.41) is 8.49. The van der Waals surface area contributed by atoms with Crippen molar-refractivity contribution in [3.8, 4) is 5.75 Å². The highest BCUT2D eigenvalue weighted by atomic mass is 16.5. The standard InChI is InChI=1S/C21H26N6O3/c1-13-10-23-19(11-22-13)26-21(29)25-16-4-3-15(9-18(16)30-2)20(28)24-17-12-27-7-5-14(17)6-8-27/h3-4,9-11,14,17H,5-8,12H2,1-2H3,(H,24,28)(H2,23,25,26,29). The van der Waals surface area contributed by atoms with Gasteiger partial charge in [-0.25, -0.2) is 9.78 Å². The number of fused-ring (bicyclic) bond motifs is 3. The van der Waals surface area contributed by atoms with Crippen LogP contribution in [0.15, 0.2) is 30.6 Å². The molecule has 0 aliphatic carbocycles. The van der Waals surface area contributed by atoms with Crippen LogP contribution in [-0.2, 0) is 0 Å². The van der Waals surface area contributed by atoms with Gasteiger partial charge < -0.3 is 20.3 Å². The zero-order valence-electron chi connectivity index (χ0n) is 17.1. The third kappa shape index (κ3) is 4.51. The van der Waals surface area contributed by atoms with Crippen LogP contribution >= 0.6 is 0 Å². The van der Waals surface area contributed by atoms with Gasteiger partial charge in [-0.05, 0) is 57.0 Å². The first-order valence-electron chi connectivity index (χ1n) is 10.1. The molecule has 1 atom stereocenters. The second-order valence-corrected chi connectivity index (χ2v) is 7.76. The van der Waals surface area contributed by atoms with E-state index < -0.39 is 6.03 Å². The van der Waals surface area contributed by atoms with E-state index in [1.807, 2.05) is 6.92 Å². The van der Waals surface area contributed by atoms with E-state index in [2.05, 4.69) is 30.8 Å². The fourth-order valence-electron chi connectivity index (χ4n) is 4.04. The number of hydrogen-bond donors (Lipinski definition) is 3. The molecule has 158 valence electrons. The van der Waals surface area contributed by atoms with Gasteiger partial charge >= 0.3 is 6.03 Å². The number of piperidine rings is 3. The van der Waals surface area contributed by atoms with Crippen molar-refractivity contribution in [2.24, 2.45) is 5.92 Å². The summed E-state index contributed by atoms with van der Waals surface area (Å²) in [4.78, 5) is 35.6. The molecule has 2 bridgehead atoms. The number of amides is 3. The summed E-state index contributed by atoms with van der Waals surface area (Å²) >= 11 is 0. The van der Waals surface area contributed by atoms with E-state index in [0.29, 0.717) is 28.7 Å². The average molecular weight is 410 g/mol. The summed E-state index contributed by atoms with van der Waals surface area (Å²) < 4.78 is 5.38. The minimum Gasteiger partial charge on any atom is -0.495 e. The number of hydrogen-bond acceptors (Lipinski definition) is 6. The average Bonchev–Trinajstić information content (AvgIpc) is 2.76. The van der Waals surface area contributed by atoms with Gasteiger partial charge in [0, 0.05) is 18.2 Å². The van der Waals surface area contributed by atoms with E-state index in [0.717, 1.165) is 38.2 Å². The fraction of sp³-hybridized carbons (Fsp3) is 0.429. The first kappa shape index (κ1) is 20.1. The monoisotopic (exact) mass is 410 g/mol. The number of benzene rings is 1. The molecule has 9 heteroatoms. The Hall–Kier alpha value is -3.20. The lowest BCUT2D eigenvalue weighted by molar-refractivity contribution is 0.0620. The van der Waals surface area contributed by atoms with Crippen LogP contribution in [0.25, 0.3) is 0 Å². The Balaban J connectivity index is 1.40. The molecule has 0 saturated carbocycles. The van der Waals surface area contributed by atoms with Crippen LogP contribution in [0, 0.1) is 12.8 Å². The molecule has 5 rings (SSSR count). The fourth-order valence-corrected chi connectivity index (χ4v) is 4.04. The predicted octanol–water partition coefficient (Wildman–Crippen LogP) is 2.26. The molecular formula is C21H26N6O3. The van der Waals surface area contributed by atoms with Gasteiger partial charge in [0.25, 0.3) is 5.91 Å². The molecule has 4 heterocycles. The number of carbonyl (C=O) groups excluding carboxylic acids is 2. The number of urea groups is 1. The predicted molar refractivity (Wildman–Crippen MR) is 113 cm³/mol. The Labute approximate surface area is 175 Å². The molecule has 1 aromatic carbocycles. The van der Waals surface area contributed by atoms with E-state index in [-0.39, 0.29) is 11.9 Å². The maximum absolute atomic E-state index is 12.8. The lowest BCUT2D eigenvalue weighted by Crippen LogP contribution is -2.57. The molecule has 0 radical (unpaired) electrons. The van der Waals surface area contributed by atoms with E-state index in [4.69, 9.17) is 4.74 Å². The number of nitrogens with one attached hydrogen (secondary N) is 3. The van der Waals surface area contributed by atoms with Crippen molar-refractivity contribution < 1.29 is 14.3 Å². The number of ether oxygens (including phenoxy) is 1. The van der Waals surface area contributed by atoms with Crippen LogP contribution in [0.1, 0.15) is 28.9 Å². The number of aryl methyl sites for hydroxylation is 1. The van der Waals surface area contributed by atoms with Crippen molar-refractivity contribution in [1.29, 1.82) is 0 Å². The molecular weight excluding hydrogens is 384 g/mol. The number of aromatic nitrogens is 2. The van der Waals surface area contributed by atoms with Gasteiger partial charge in [0.2, 0.25) is 0 Å². The van der Waals surface area contributed by atoms with Gasteiger partial charge in [-0.3, -0.25) is 15.1 Å². The van der Waals surface area contributed by atoms with Gasteiger partial charge in [-0.2, -0.15) is 0 Å². The Morgan fingerprint density at radius 2 is 1.93 bits per heavy atom. The van der Waals surface area contributed by atoms with Crippen molar-refractivity contribution in [2.75, 3.05) is 37.4 Å². The first-order valence-corrected chi connectivity index (χ1v) is 10.1. The van der Waals surface area contributed by atoms with Crippen molar-refractivity contribution >= 4 is 23.4 Å². The third-order valence-electron chi connectivity index (χ3n) is 5.71. The maximum atomic E-state index is 12.8. The van der Waals surface area contributed by atoms with Crippen LogP contribution in [0.3, 0.4) is 0 Å². The number of carbonyl (C=O) groups is 2. The zero-order chi connectivity index (χ0) is 21.1. The third-order valence-corrected chi connectivity index (χ3v) is 5.71. The normalized spacial score (nSPS) is 22.3. The highest BCUT2D eigenvalue weighted by Crippen LogP contribution is 2.29. The molecule has 3 aliphatic heterocycles. The van der Waals surface area contributed by atoms with E-state index in [1.165, 1.54) is 13.3 Å². The van der Waals surface area contributed by atoms with Crippen molar-refractivity contribution in [3.63, 3.8) is 0 Å². The van der Waals surface area contributed by atoms with E-state index in [9.17, 15) is 9.59 Å². The van der Waals surface area contributed by atoms with Gasteiger partial charge in [0.15, 0.2) is 5.82 Å². The summed E-state index contributed by atoms with van der Waals surface area (Å²) in [5.41, 5.74) is 1.71. The smallest absolute Gasteiger partial charge is 0.324 e. The summed E-state index contributed by atoms with van der Waals surface area (Å²) in [6.45, 7) is 4.98. The Kier molecular flexibility index (Phi) is 5.80. The maximum Gasteiger partial charge on any atom is 0.324 e. The molecule has 3 N–H and O–H groups in total. The highest BCUT2D eigenvalue weighted by Gasteiger charge is 2.35. The van der Waals surface area contributed by atoms with Crippen molar-refractivity contribution in [1.82, 2.24) is 20.2 Å². The van der Waals surface area contributed by atoms with Crippen LogP contribution in [-0.4, -0.2) is 59.6 Å². The number of rotatable bonds is 5. The molecule has 1 unspecified atom stereocenters. The van der Waals surface area contributed by atoms with E-state index >= 15 is 0 Å². The largest absolute Gasteiger partial charge is 0.495 e. The first-order chi connectivity index (χ1) is 14.5. The zero-order valence-corrected chi connectivity index (χ0v) is 17.1. The summed E-state index contributed by atoms with van der Waals surface area (Å²) in [5.74, 6) is 1.17. The minimum absolute atomic E-state index is 0.127. The number of anilines is 2. The quantitative estimate of drug-likeness (QED) is 0.698. The molecule has 9 nitrogen and oxygen atoms in total. The molecule has 3 fully saturated rings. The SMILES string of the molecule is COc1cc(C(=O)NC2CN3CCC2CC3)ccc1NC(=O)Nc1cnc(C)cn1. The van der Waals surface area contributed by atoms with Crippen LogP contribution < -0.4 is 20.7 Å². The van der Waals surface area contributed by atoms with Gasteiger partial charge in [0.1, 0.15) is 5.75 Å². The number of nitrogens with zero attached hydrogens (tertiary/aromatic N) is 3. The number of methoxy groups -OCH3 is 1. The second-order valence-electron chi connectivity index (χ2n) is 7.76. The lowest BCUT2D eigenvalue weighted by Gasteiger charge is -2.44. The highest BCUT2D eigenvalue weighted by molar-refractivity contribution is 6.01. The summed E-state index contributed by atoms with van der Waals surface area (Å²) in [6, 6.07) is 4.68. The molecule has 2 aromatic rings. The second kappa shape index (κ2) is 8.66. The van der Waals surface area contributed by atoms with Crippen LogP contribution in [0.4, 0.5) is 16.3 Å².